The highest BCUT2D eigenvalue weighted by molar-refractivity contribution is 6.31. The number of aryl methyl sites for hydroxylation is 2. The van der Waals surface area contributed by atoms with Crippen molar-refractivity contribution in [3.05, 3.63) is 51.8 Å². The van der Waals surface area contributed by atoms with Gasteiger partial charge < -0.3 is 5.32 Å². The first-order chi connectivity index (χ1) is 10.1. The molecule has 1 N–H and O–H groups in total. The highest BCUT2D eigenvalue weighted by Gasteiger charge is 2.14. The maximum Gasteiger partial charge on any atom is 0.127 e. The maximum atomic E-state index is 13.5. The van der Waals surface area contributed by atoms with E-state index in [0.29, 0.717) is 23.7 Å². The quantitative estimate of drug-likeness (QED) is 0.881. The molecule has 0 saturated heterocycles. The van der Waals surface area contributed by atoms with Crippen molar-refractivity contribution < 1.29 is 8.78 Å². The van der Waals surface area contributed by atoms with Gasteiger partial charge in [-0.3, -0.25) is 4.68 Å². The van der Waals surface area contributed by atoms with Crippen LogP contribution in [0, 0.1) is 11.6 Å². The minimum Gasteiger partial charge on any atom is -0.307 e. The largest absolute Gasteiger partial charge is 0.307 e. The summed E-state index contributed by atoms with van der Waals surface area (Å²) in [5.41, 5.74) is 2.02. The third-order valence-electron chi connectivity index (χ3n) is 3.31. The fraction of sp³-hybridized carbons (Fsp3) is 0.400. The molecule has 1 heterocycles. The van der Waals surface area contributed by atoms with Crippen molar-refractivity contribution in [2.75, 3.05) is 0 Å². The van der Waals surface area contributed by atoms with Gasteiger partial charge in [0.2, 0.25) is 0 Å². The Bertz CT molecular complexity index is 626. The summed E-state index contributed by atoms with van der Waals surface area (Å²) in [4.78, 5) is 0. The summed E-state index contributed by atoms with van der Waals surface area (Å²) < 4.78 is 28.5. The molecule has 2 aromatic rings. The molecule has 0 saturated carbocycles. The lowest BCUT2D eigenvalue weighted by Gasteiger charge is -2.08. The van der Waals surface area contributed by atoms with Gasteiger partial charge in [0.25, 0.3) is 0 Å². The van der Waals surface area contributed by atoms with E-state index in [1.165, 1.54) is 6.07 Å². The van der Waals surface area contributed by atoms with Crippen molar-refractivity contribution in [2.45, 2.75) is 39.9 Å². The zero-order valence-electron chi connectivity index (χ0n) is 12.1. The molecular formula is C15H18ClF2N3. The third-order valence-corrected chi connectivity index (χ3v) is 3.75. The summed E-state index contributed by atoms with van der Waals surface area (Å²) in [6.45, 7) is 5.38. The van der Waals surface area contributed by atoms with E-state index < -0.39 is 11.6 Å². The molecule has 6 heteroatoms. The zero-order valence-corrected chi connectivity index (χ0v) is 12.8. The lowest BCUT2D eigenvalue weighted by Crippen LogP contribution is -2.17. The molecule has 0 fully saturated rings. The fourth-order valence-electron chi connectivity index (χ4n) is 2.18. The smallest absolute Gasteiger partial charge is 0.127 e. The van der Waals surface area contributed by atoms with Crippen molar-refractivity contribution in [2.24, 2.45) is 0 Å². The second-order valence-corrected chi connectivity index (χ2v) is 5.09. The van der Waals surface area contributed by atoms with E-state index in [1.807, 2.05) is 18.5 Å². The number of halogens is 3. The van der Waals surface area contributed by atoms with E-state index in [1.54, 1.807) is 0 Å². The molecule has 0 atom stereocenters. The van der Waals surface area contributed by atoms with Crippen LogP contribution in [0.1, 0.15) is 30.8 Å². The van der Waals surface area contributed by atoms with Gasteiger partial charge in [-0.05, 0) is 31.5 Å². The predicted octanol–water partition coefficient (Wildman–Crippen LogP) is 3.69. The average Bonchev–Trinajstić information content (AvgIpc) is 2.79. The number of hydrogen-bond donors (Lipinski definition) is 1. The van der Waals surface area contributed by atoms with Crippen molar-refractivity contribution >= 4 is 11.6 Å². The molecule has 0 aliphatic rings. The van der Waals surface area contributed by atoms with Crippen molar-refractivity contribution in [1.29, 1.82) is 0 Å². The van der Waals surface area contributed by atoms with Gasteiger partial charge in [-0.2, -0.15) is 5.10 Å². The van der Waals surface area contributed by atoms with Crippen LogP contribution in [0.5, 0.6) is 0 Å². The van der Waals surface area contributed by atoms with Crippen molar-refractivity contribution in [1.82, 2.24) is 15.1 Å². The standard InChI is InChI=1S/C15H18ClF2N3/c1-3-13-15(16)14(21(4-2)20-13)9-19-8-10-7-11(17)5-6-12(10)18/h5-7,19H,3-4,8-9H2,1-2H3. The zero-order chi connectivity index (χ0) is 15.4. The molecule has 0 amide bonds. The number of benzene rings is 1. The van der Waals surface area contributed by atoms with Crippen LogP contribution in [-0.4, -0.2) is 9.78 Å². The summed E-state index contributed by atoms with van der Waals surface area (Å²) >= 11 is 6.29. The van der Waals surface area contributed by atoms with Crippen LogP contribution < -0.4 is 5.32 Å². The summed E-state index contributed by atoms with van der Waals surface area (Å²) in [6, 6.07) is 3.43. The van der Waals surface area contributed by atoms with Gasteiger partial charge in [0.1, 0.15) is 11.6 Å². The summed E-state index contributed by atoms with van der Waals surface area (Å²) in [5.74, 6) is -0.869. The van der Waals surface area contributed by atoms with Crippen LogP contribution in [-0.2, 0) is 26.1 Å². The average molecular weight is 314 g/mol. The second kappa shape index (κ2) is 7.00. The van der Waals surface area contributed by atoms with E-state index in [4.69, 9.17) is 11.6 Å². The minimum atomic E-state index is -0.446. The van der Waals surface area contributed by atoms with Crippen LogP contribution in [0.15, 0.2) is 18.2 Å². The van der Waals surface area contributed by atoms with Gasteiger partial charge >= 0.3 is 0 Å². The predicted molar refractivity (Wildman–Crippen MR) is 79.2 cm³/mol. The topological polar surface area (TPSA) is 29.9 Å². The van der Waals surface area contributed by atoms with Crippen LogP contribution in [0.2, 0.25) is 5.02 Å². The van der Waals surface area contributed by atoms with Crippen molar-refractivity contribution in [3.8, 4) is 0 Å². The van der Waals surface area contributed by atoms with Gasteiger partial charge in [0.05, 0.1) is 16.4 Å². The Morgan fingerprint density at radius 3 is 2.67 bits per heavy atom. The monoisotopic (exact) mass is 313 g/mol. The van der Waals surface area contributed by atoms with Crippen LogP contribution >= 0.6 is 11.6 Å². The Morgan fingerprint density at radius 2 is 2.00 bits per heavy atom. The Morgan fingerprint density at radius 1 is 1.24 bits per heavy atom. The molecule has 21 heavy (non-hydrogen) atoms. The molecule has 0 radical (unpaired) electrons. The molecular weight excluding hydrogens is 296 g/mol. The molecule has 0 spiro atoms. The molecule has 0 aliphatic heterocycles. The summed E-state index contributed by atoms with van der Waals surface area (Å²) in [5, 5.41) is 8.15. The first-order valence-electron chi connectivity index (χ1n) is 6.95. The normalized spacial score (nSPS) is 11.1. The van der Waals surface area contributed by atoms with E-state index >= 15 is 0 Å². The third kappa shape index (κ3) is 3.60. The molecule has 114 valence electrons. The number of nitrogens with zero attached hydrogens (tertiary/aromatic N) is 2. The minimum absolute atomic E-state index is 0.232. The summed E-state index contributed by atoms with van der Waals surface area (Å²) in [7, 11) is 0. The lowest BCUT2D eigenvalue weighted by molar-refractivity contribution is 0.551. The maximum absolute atomic E-state index is 13.5. The van der Waals surface area contributed by atoms with Gasteiger partial charge in [-0.15, -0.1) is 0 Å². The molecule has 2 rings (SSSR count). The molecule has 0 bridgehead atoms. The van der Waals surface area contributed by atoms with E-state index in [9.17, 15) is 8.78 Å². The Kier molecular flexibility index (Phi) is 5.31. The van der Waals surface area contributed by atoms with Gasteiger partial charge in [-0.1, -0.05) is 18.5 Å². The first kappa shape index (κ1) is 15.9. The highest BCUT2D eigenvalue weighted by atomic mass is 35.5. The molecule has 0 aliphatic carbocycles. The molecule has 1 aromatic heterocycles. The van der Waals surface area contributed by atoms with E-state index in [2.05, 4.69) is 10.4 Å². The molecule has 1 aromatic carbocycles. The van der Waals surface area contributed by atoms with Crippen LogP contribution in [0.3, 0.4) is 0 Å². The fourth-order valence-corrected chi connectivity index (χ4v) is 2.52. The molecule has 0 unspecified atom stereocenters. The van der Waals surface area contributed by atoms with Gasteiger partial charge in [0, 0.05) is 25.2 Å². The lowest BCUT2D eigenvalue weighted by atomic mass is 10.2. The number of aromatic nitrogens is 2. The van der Waals surface area contributed by atoms with Gasteiger partial charge in [0.15, 0.2) is 0 Å². The van der Waals surface area contributed by atoms with E-state index in [0.717, 1.165) is 29.9 Å². The van der Waals surface area contributed by atoms with Crippen LogP contribution in [0.25, 0.3) is 0 Å². The Hall–Kier alpha value is -1.46. The first-order valence-corrected chi connectivity index (χ1v) is 7.33. The number of hydrogen-bond acceptors (Lipinski definition) is 2. The highest BCUT2D eigenvalue weighted by Crippen LogP contribution is 2.21. The molecule has 3 nitrogen and oxygen atoms in total. The van der Waals surface area contributed by atoms with Gasteiger partial charge in [-0.25, -0.2) is 8.78 Å². The Balaban J connectivity index is 2.06. The number of nitrogens with one attached hydrogen (secondary N) is 1. The summed E-state index contributed by atoms with van der Waals surface area (Å²) in [6.07, 6.45) is 0.761. The number of rotatable bonds is 6. The van der Waals surface area contributed by atoms with Crippen LogP contribution in [0.4, 0.5) is 8.78 Å². The van der Waals surface area contributed by atoms with E-state index in [-0.39, 0.29) is 6.54 Å². The van der Waals surface area contributed by atoms with Crippen molar-refractivity contribution in [3.63, 3.8) is 0 Å². The second-order valence-electron chi connectivity index (χ2n) is 4.72. The SMILES string of the molecule is CCc1nn(CC)c(CNCc2cc(F)ccc2F)c1Cl. The Labute approximate surface area is 127 Å².